The first-order valence-electron chi connectivity index (χ1n) is 9.42. The van der Waals surface area contributed by atoms with Crippen molar-refractivity contribution in [2.24, 2.45) is 5.92 Å². The summed E-state index contributed by atoms with van der Waals surface area (Å²) in [5.74, 6) is 1.63. The van der Waals surface area contributed by atoms with Crippen LogP contribution < -0.4 is 20.1 Å². The molecule has 2 aromatic rings. The summed E-state index contributed by atoms with van der Waals surface area (Å²) in [4.78, 5) is 12.5. The zero-order valence-electron chi connectivity index (χ0n) is 16.9. The second kappa shape index (κ2) is 9.97. The Morgan fingerprint density at radius 1 is 1.07 bits per heavy atom. The van der Waals surface area contributed by atoms with Gasteiger partial charge < -0.3 is 20.1 Å². The molecule has 27 heavy (non-hydrogen) atoms. The number of nitrogens with two attached hydrogens (primary N) is 1. The van der Waals surface area contributed by atoms with Gasteiger partial charge in [-0.05, 0) is 24.1 Å². The van der Waals surface area contributed by atoms with E-state index >= 15 is 0 Å². The van der Waals surface area contributed by atoms with Crippen molar-refractivity contribution in [2.75, 3.05) is 26.1 Å². The molecule has 5 nitrogen and oxygen atoms in total. The zero-order chi connectivity index (χ0) is 19.8. The van der Waals surface area contributed by atoms with Gasteiger partial charge in [-0.15, -0.1) is 0 Å². The maximum absolute atomic E-state index is 12.5. The second-order valence-electron chi connectivity index (χ2n) is 6.92. The van der Waals surface area contributed by atoms with Crippen molar-refractivity contribution in [3.8, 4) is 11.5 Å². The maximum atomic E-state index is 12.5. The Morgan fingerprint density at radius 2 is 1.78 bits per heavy atom. The van der Waals surface area contributed by atoms with Gasteiger partial charge >= 0.3 is 0 Å². The molecule has 1 amide bonds. The van der Waals surface area contributed by atoms with Gasteiger partial charge in [0.1, 0.15) is 17.5 Å². The molecular weight excluding hydrogens is 340 g/mol. The molecular formula is C22H31N2O3+. The molecule has 0 saturated carbocycles. The van der Waals surface area contributed by atoms with Crippen LogP contribution in [0.1, 0.15) is 37.9 Å². The standard InChI is InChI=1S/C22H30N2O3/c1-6-16-7-9-17(10-8-16)22(15(2)3)23-14-21(25)24-19-12-11-18(26-4)13-20(19)27-5/h7-13,15,22-23H,6,14H2,1-5H3,(H,24,25)/p+1/t22-/m1/s1. The number of rotatable bonds is 9. The van der Waals surface area contributed by atoms with Gasteiger partial charge in [0.25, 0.3) is 5.91 Å². The van der Waals surface area contributed by atoms with Crippen LogP contribution in [-0.4, -0.2) is 26.7 Å². The van der Waals surface area contributed by atoms with E-state index in [9.17, 15) is 4.79 Å². The SMILES string of the molecule is CCc1ccc([C@H]([NH2+]CC(=O)Nc2ccc(OC)cc2OC)C(C)C)cc1. The van der Waals surface area contributed by atoms with Gasteiger partial charge in [0.15, 0.2) is 6.54 Å². The normalized spacial score (nSPS) is 11.9. The highest BCUT2D eigenvalue weighted by Crippen LogP contribution is 2.28. The number of quaternary nitrogens is 1. The van der Waals surface area contributed by atoms with Crippen LogP contribution in [0.25, 0.3) is 0 Å². The third-order valence-electron chi connectivity index (χ3n) is 4.73. The van der Waals surface area contributed by atoms with Crippen LogP contribution in [0.15, 0.2) is 42.5 Å². The summed E-state index contributed by atoms with van der Waals surface area (Å²) in [7, 11) is 3.17. The molecule has 0 aromatic heterocycles. The molecule has 0 fully saturated rings. The number of carbonyl (C=O) groups is 1. The molecule has 1 atom stereocenters. The van der Waals surface area contributed by atoms with Crippen molar-refractivity contribution in [1.29, 1.82) is 0 Å². The summed E-state index contributed by atoms with van der Waals surface area (Å²) in [6, 6.07) is 14.3. The quantitative estimate of drug-likeness (QED) is 0.712. The van der Waals surface area contributed by atoms with Gasteiger partial charge in [0, 0.05) is 17.5 Å². The lowest BCUT2D eigenvalue weighted by Gasteiger charge is -2.20. The van der Waals surface area contributed by atoms with Crippen LogP contribution in [-0.2, 0) is 11.2 Å². The van der Waals surface area contributed by atoms with E-state index in [1.165, 1.54) is 11.1 Å². The highest BCUT2D eigenvalue weighted by Gasteiger charge is 2.21. The topological polar surface area (TPSA) is 64.2 Å². The first-order valence-corrected chi connectivity index (χ1v) is 9.42. The monoisotopic (exact) mass is 371 g/mol. The van der Waals surface area contributed by atoms with Gasteiger partial charge in [-0.1, -0.05) is 45.0 Å². The molecule has 5 heteroatoms. The molecule has 3 N–H and O–H groups in total. The number of methoxy groups -OCH3 is 2. The predicted molar refractivity (Wildman–Crippen MR) is 108 cm³/mol. The lowest BCUT2D eigenvalue weighted by Crippen LogP contribution is -2.88. The summed E-state index contributed by atoms with van der Waals surface area (Å²) in [6.07, 6.45) is 1.03. The minimum Gasteiger partial charge on any atom is -0.497 e. The molecule has 0 unspecified atom stereocenters. The van der Waals surface area contributed by atoms with E-state index < -0.39 is 0 Å². The van der Waals surface area contributed by atoms with Gasteiger partial charge in [-0.3, -0.25) is 4.79 Å². The summed E-state index contributed by atoms with van der Waals surface area (Å²) < 4.78 is 10.5. The van der Waals surface area contributed by atoms with Crippen molar-refractivity contribution in [3.05, 3.63) is 53.6 Å². The van der Waals surface area contributed by atoms with Crippen molar-refractivity contribution < 1.29 is 19.6 Å². The minimum absolute atomic E-state index is 0.0608. The van der Waals surface area contributed by atoms with Gasteiger partial charge in [0.2, 0.25) is 0 Å². The zero-order valence-corrected chi connectivity index (χ0v) is 16.9. The molecule has 0 aliphatic rings. The third-order valence-corrected chi connectivity index (χ3v) is 4.73. The van der Waals surface area contributed by atoms with E-state index in [-0.39, 0.29) is 11.9 Å². The van der Waals surface area contributed by atoms with Crippen LogP contribution in [0.5, 0.6) is 11.5 Å². The van der Waals surface area contributed by atoms with Crippen LogP contribution >= 0.6 is 0 Å². The van der Waals surface area contributed by atoms with E-state index in [4.69, 9.17) is 9.47 Å². The van der Waals surface area contributed by atoms with Crippen molar-refractivity contribution in [3.63, 3.8) is 0 Å². The number of anilines is 1. The molecule has 0 aliphatic heterocycles. The number of amides is 1. The van der Waals surface area contributed by atoms with E-state index in [0.29, 0.717) is 29.6 Å². The number of benzene rings is 2. The average molecular weight is 372 g/mol. The van der Waals surface area contributed by atoms with Crippen molar-refractivity contribution in [1.82, 2.24) is 0 Å². The fourth-order valence-electron chi connectivity index (χ4n) is 3.11. The molecule has 2 aromatic carbocycles. The highest BCUT2D eigenvalue weighted by atomic mass is 16.5. The average Bonchev–Trinajstić information content (AvgIpc) is 2.68. The Labute approximate surface area is 162 Å². The number of aryl methyl sites for hydroxylation is 1. The number of carbonyl (C=O) groups excluding carboxylic acids is 1. The van der Waals surface area contributed by atoms with E-state index in [1.807, 2.05) is 0 Å². The summed E-state index contributed by atoms with van der Waals surface area (Å²) in [6.45, 7) is 6.85. The predicted octanol–water partition coefficient (Wildman–Crippen LogP) is 3.17. The molecule has 0 bridgehead atoms. The smallest absolute Gasteiger partial charge is 0.279 e. The number of hydrogen-bond donors (Lipinski definition) is 2. The summed E-state index contributed by atoms with van der Waals surface area (Å²) >= 11 is 0. The van der Waals surface area contributed by atoms with E-state index in [2.05, 4.69) is 55.7 Å². The van der Waals surface area contributed by atoms with Crippen LogP contribution in [0, 0.1) is 5.92 Å². The molecule has 146 valence electrons. The summed E-state index contributed by atoms with van der Waals surface area (Å²) in [5.41, 5.74) is 3.22. The molecule has 0 aliphatic carbocycles. The van der Waals surface area contributed by atoms with E-state index in [1.54, 1.807) is 32.4 Å². The Balaban J connectivity index is 2.01. The first-order chi connectivity index (χ1) is 13.0. The molecule has 0 heterocycles. The molecule has 0 saturated heterocycles. The summed E-state index contributed by atoms with van der Waals surface area (Å²) in [5, 5.41) is 5.02. The van der Waals surface area contributed by atoms with Crippen molar-refractivity contribution in [2.45, 2.75) is 33.2 Å². The van der Waals surface area contributed by atoms with E-state index in [0.717, 1.165) is 6.42 Å². The molecule has 2 rings (SSSR count). The van der Waals surface area contributed by atoms with Crippen LogP contribution in [0.4, 0.5) is 5.69 Å². The third kappa shape index (κ3) is 5.73. The van der Waals surface area contributed by atoms with Gasteiger partial charge in [-0.2, -0.15) is 0 Å². The Hall–Kier alpha value is -2.53. The van der Waals surface area contributed by atoms with Crippen LogP contribution in [0.2, 0.25) is 0 Å². The maximum Gasteiger partial charge on any atom is 0.279 e. The lowest BCUT2D eigenvalue weighted by molar-refractivity contribution is -0.692. The number of ether oxygens (including phenoxy) is 2. The largest absolute Gasteiger partial charge is 0.497 e. The molecule has 0 spiro atoms. The second-order valence-corrected chi connectivity index (χ2v) is 6.92. The van der Waals surface area contributed by atoms with Crippen LogP contribution in [0.3, 0.4) is 0 Å². The minimum atomic E-state index is -0.0608. The number of nitrogens with one attached hydrogen (secondary N) is 1. The fraction of sp³-hybridized carbons (Fsp3) is 0.409. The molecule has 0 radical (unpaired) electrons. The lowest BCUT2D eigenvalue weighted by atomic mass is 9.95. The Kier molecular flexibility index (Phi) is 7.67. The number of hydrogen-bond acceptors (Lipinski definition) is 3. The highest BCUT2D eigenvalue weighted by molar-refractivity contribution is 5.93. The fourth-order valence-corrected chi connectivity index (χ4v) is 3.11. The van der Waals surface area contributed by atoms with Gasteiger partial charge in [0.05, 0.1) is 19.9 Å². The Bertz CT molecular complexity index is 742. The first kappa shape index (κ1) is 20.8. The van der Waals surface area contributed by atoms with Gasteiger partial charge in [-0.25, -0.2) is 0 Å². The Morgan fingerprint density at radius 3 is 2.33 bits per heavy atom. The van der Waals surface area contributed by atoms with Crippen molar-refractivity contribution >= 4 is 11.6 Å².